The molecule has 4 rings (SSSR count). The summed E-state index contributed by atoms with van der Waals surface area (Å²) in [5, 5.41) is 15.0. The number of carbonyl (C=O) groups is 1. The zero-order valence-corrected chi connectivity index (χ0v) is 15.3. The molecule has 2 aliphatic rings. The molecule has 0 aromatic heterocycles. The molecule has 2 aromatic rings. The number of hydrogen-bond donors (Lipinski definition) is 2. The lowest BCUT2D eigenvalue weighted by Gasteiger charge is -2.33. The maximum absolute atomic E-state index is 13.1. The smallest absolute Gasteiger partial charge is 0.347 e. The maximum Gasteiger partial charge on any atom is 0.347 e. The highest BCUT2D eigenvalue weighted by atomic mass is 35.5. The first kappa shape index (κ1) is 18.9. The molecule has 2 aromatic carbocycles. The van der Waals surface area contributed by atoms with Gasteiger partial charge in [-0.2, -0.15) is 0 Å². The molecule has 2 fully saturated rings. The maximum atomic E-state index is 13.1. The van der Waals surface area contributed by atoms with Crippen LogP contribution in [0.25, 0.3) is 0 Å². The highest BCUT2D eigenvalue weighted by Crippen LogP contribution is 2.34. The molecule has 3 atom stereocenters. The Balaban J connectivity index is 0.00000196. The molecule has 2 saturated heterocycles. The summed E-state index contributed by atoms with van der Waals surface area (Å²) in [4.78, 5) is 13.1. The second-order valence-corrected chi connectivity index (χ2v) is 7.08. The Bertz CT molecular complexity index is 686. The monoisotopic (exact) mass is 373 g/mol. The Morgan fingerprint density at radius 1 is 0.923 bits per heavy atom. The minimum absolute atomic E-state index is 0. The van der Waals surface area contributed by atoms with Gasteiger partial charge in [0.2, 0.25) is 5.60 Å². The van der Waals surface area contributed by atoms with Gasteiger partial charge in [-0.15, -0.1) is 12.4 Å². The predicted octanol–water partition coefficient (Wildman–Crippen LogP) is 3.17. The second-order valence-electron chi connectivity index (χ2n) is 7.08. The van der Waals surface area contributed by atoms with Crippen molar-refractivity contribution < 1.29 is 14.6 Å². The first-order valence-corrected chi connectivity index (χ1v) is 8.97. The number of ether oxygens (including phenoxy) is 1. The number of esters is 1. The van der Waals surface area contributed by atoms with Gasteiger partial charge in [0.05, 0.1) is 0 Å². The molecule has 0 aliphatic carbocycles. The molecule has 138 valence electrons. The first-order valence-electron chi connectivity index (χ1n) is 8.97. The van der Waals surface area contributed by atoms with E-state index in [-0.39, 0.29) is 18.5 Å². The van der Waals surface area contributed by atoms with E-state index in [0.29, 0.717) is 23.2 Å². The molecule has 0 radical (unpaired) electrons. The van der Waals surface area contributed by atoms with E-state index in [2.05, 4.69) is 5.32 Å². The Hall–Kier alpha value is -1.88. The van der Waals surface area contributed by atoms with Crippen molar-refractivity contribution in [3.8, 4) is 0 Å². The van der Waals surface area contributed by atoms with E-state index in [1.165, 1.54) is 0 Å². The van der Waals surface area contributed by atoms with Crippen molar-refractivity contribution in [1.29, 1.82) is 0 Å². The van der Waals surface area contributed by atoms with Gasteiger partial charge in [-0.05, 0) is 36.8 Å². The molecule has 2 heterocycles. The summed E-state index contributed by atoms with van der Waals surface area (Å²) in [5.41, 5.74) is -0.724. The minimum Gasteiger partial charge on any atom is -0.460 e. The molecule has 2 N–H and O–H groups in total. The predicted molar refractivity (Wildman–Crippen MR) is 102 cm³/mol. The normalized spacial score (nSPS) is 24.6. The van der Waals surface area contributed by atoms with Crippen molar-refractivity contribution in [1.82, 2.24) is 5.32 Å². The number of nitrogens with one attached hydrogen (secondary N) is 1. The van der Waals surface area contributed by atoms with Crippen LogP contribution < -0.4 is 5.32 Å². The number of rotatable bonds is 4. The quantitative estimate of drug-likeness (QED) is 0.808. The van der Waals surface area contributed by atoms with E-state index < -0.39 is 11.6 Å². The van der Waals surface area contributed by atoms with Crippen LogP contribution in [0, 0.1) is 0 Å². The fraction of sp³-hybridized carbons (Fsp3) is 0.381. The largest absolute Gasteiger partial charge is 0.460 e. The number of piperidine rings is 1. The molecular formula is C21H24ClNO3. The van der Waals surface area contributed by atoms with Crippen LogP contribution in [-0.2, 0) is 15.1 Å². The van der Waals surface area contributed by atoms with Gasteiger partial charge in [-0.25, -0.2) is 4.79 Å². The summed E-state index contributed by atoms with van der Waals surface area (Å²) in [6.45, 7) is 0. The van der Waals surface area contributed by atoms with Gasteiger partial charge in [0, 0.05) is 12.1 Å². The zero-order chi connectivity index (χ0) is 17.3. The third-order valence-electron chi connectivity index (χ3n) is 5.38. The molecule has 26 heavy (non-hydrogen) atoms. The highest BCUT2D eigenvalue weighted by molar-refractivity contribution is 5.86. The van der Waals surface area contributed by atoms with Crippen LogP contribution in [0.5, 0.6) is 0 Å². The van der Waals surface area contributed by atoms with Crippen molar-refractivity contribution in [3.63, 3.8) is 0 Å². The van der Waals surface area contributed by atoms with Crippen molar-refractivity contribution >= 4 is 18.4 Å². The average molecular weight is 374 g/mol. The number of halogens is 1. The summed E-state index contributed by atoms with van der Waals surface area (Å²) in [6.07, 6.45) is 3.79. The van der Waals surface area contributed by atoms with E-state index >= 15 is 0 Å². The van der Waals surface area contributed by atoms with Gasteiger partial charge < -0.3 is 15.2 Å². The number of hydrogen-bond acceptors (Lipinski definition) is 4. The van der Waals surface area contributed by atoms with Gasteiger partial charge in [0.15, 0.2) is 0 Å². The molecule has 5 heteroatoms. The Morgan fingerprint density at radius 3 is 1.85 bits per heavy atom. The number of aliphatic hydroxyl groups is 1. The summed E-state index contributed by atoms with van der Waals surface area (Å²) in [7, 11) is 0. The standard InChI is InChI=1S/C21H23NO3.ClH/c23-20(25-19-13-17-11-12-18(14-19)22-17)21(24,15-7-3-1-4-8-15)16-9-5-2-6-10-16;/h1-10,17-19,22,24H,11-14H2;1H/t17-,18+,19?;. The Labute approximate surface area is 160 Å². The van der Waals surface area contributed by atoms with Gasteiger partial charge in [0.25, 0.3) is 0 Å². The van der Waals surface area contributed by atoms with E-state index in [1.54, 1.807) is 24.3 Å². The molecule has 0 spiro atoms. The van der Waals surface area contributed by atoms with Crippen LogP contribution >= 0.6 is 12.4 Å². The minimum atomic E-state index is -1.79. The van der Waals surface area contributed by atoms with Crippen molar-refractivity contribution in [3.05, 3.63) is 71.8 Å². The van der Waals surface area contributed by atoms with Gasteiger partial charge in [-0.1, -0.05) is 60.7 Å². The van der Waals surface area contributed by atoms with Crippen LogP contribution in [0.15, 0.2) is 60.7 Å². The van der Waals surface area contributed by atoms with E-state index in [9.17, 15) is 9.90 Å². The van der Waals surface area contributed by atoms with Crippen LogP contribution in [-0.4, -0.2) is 29.3 Å². The van der Waals surface area contributed by atoms with Crippen molar-refractivity contribution in [2.24, 2.45) is 0 Å². The highest BCUT2D eigenvalue weighted by Gasteiger charge is 2.44. The topological polar surface area (TPSA) is 58.6 Å². The van der Waals surface area contributed by atoms with Crippen LogP contribution in [0.2, 0.25) is 0 Å². The summed E-state index contributed by atoms with van der Waals surface area (Å²) >= 11 is 0. The summed E-state index contributed by atoms with van der Waals surface area (Å²) in [5.74, 6) is -0.587. The van der Waals surface area contributed by atoms with Gasteiger partial charge >= 0.3 is 5.97 Å². The van der Waals surface area contributed by atoms with Crippen molar-refractivity contribution in [2.75, 3.05) is 0 Å². The lowest BCUT2D eigenvalue weighted by atomic mass is 9.86. The Kier molecular flexibility index (Phi) is 5.66. The molecule has 2 aliphatic heterocycles. The number of benzene rings is 2. The van der Waals surface area contributed by atoms with E-state index in [4.69, 9.17) is 4.74 Å². The first-order chi connectivity index (χ1) is 12.2. The zero-order valence-electron chi connectivity index (χ0n) is 14.5. The molecule has 2 bridgehead atoms. The van der Waals surface area contributed by atoms with Crippen LogP contribution in [0.4, 0.5) is 0 Å². The molecule has 4 nitrogen and oxygen atoms in total. The number of fused-ring (bicyclic) bond motifs is 2. The lowest BCUT2D eigenvalue weighted by Crippen LogP contribution is -2.46. The second kappa shape index (κ2) is 7.78. The molecule has 0 amide bonds. The lowest BCUT2D eigenvalue weighted by molar-refractivity contribution is -0.169. The molecular weight excluding hydrogens is 350 g/mol. The van der Waals surface area contributed by atoms with Crippen LogP contribution in [0.1, 0.15) is 36.8 Å². The fourth-order valence-corrected chi connectivity index (χ4v) is 4.10. The Morgan fingerprint density at radius 2 is 1.38 bits per heavy atom. The molecule has 0 saturated carbocycles. The van der Waals surface area contributed by atoms with Gasteiger partial charge in [0.1, 0.15) is 6.10 Å². The van der Waals surface area contributed by atoms with Crippen molar-refractivity contribution in [2.45, 2.75) is 49.5 Å². The van der Waals surface area contributed by atoms with E-state index in [0.717, 1.165) is 25.7 Å². The van der Waals surface area contributed by atoms with E-state index in [1.807, 2.05) is 36.4 Å². The molecule has 1 unspecified atom stereocenters. The van der Waals surface area contributed by atoms with Gasteiger partial charge in [-0.3, -0.25) is 0 Å². The average Bonchev–Trinajstić information content (AvgIpc) is 3.00. The third kappa shape index (κ3) is 3.50. The summed E-state index contributed by atoms with van der Waals surface area (Å²) < 4.78 is 5.82. The summed E-state index contributed by atoms with van der Waals surface area (Å²) in [6, 6.07) is 18.9. The SMILES string of the molecule is Cl.O=C(OC1C[C@H]2CC[C@@H](C1)N2)C(O)(c1ccccc1)c1ccccc1. The number of carbonyl (C=O) groups excluding carboxylic acids is 1. The van der Waals surface area contributed by atoms with Crippen LogP contribution in [0.3, 0.4) is 0 Å². The fourth-order valence-electron chi connectivity index (χ4n) is 4.10. The third-order valence-corrected chi connectivity index (χ3v) is 5.38.